The minimum atomic E-state index is 0.108. The molecule has 110 valence electrons. The molecule has 1 aliphatic rings. The van der Waals surface area contributed by atoms with Crippen LogP contribution in [-0.4, -0.2) is 34.9 Å². The van der Waals surface area contributed by atoms with Crippen molar-refractivity contribution in [2.24, 2.45) is 5.92 Å². The highest BCUT2D eigenvalue weighted by Crippen LogP contribution is 2.25. The van der Waals surface area contributed by atoms with E-state index in [1.807, 2.05) is 11.0 Å². The predicted octanol–water partition coefficient (Wildman–Crippen LogP) is 3.16. The first-order valence-electron chi connectivity index (χ1n) is 7.62. The van der Waals surface area contributed by atoms with Crippen molar-refractivity contribution < 1.29 is 4.79 Å². The molecule has 1 amide bonds. The fourth-order valence-electron chi connectivity index (χ4n) is 2.84. The largest absolute Gasteiger partial charge is 0.384 e. The normalized spacial score (nSPS) is 22.6. The van der Waals surface area contributed by atoms with Gasteiger partial charge in [-0.2, -0.15) is 0 Å². The van der Waals surface area contributed by atoms with Crippen molar-refractivity contribution >= 4 is 11.6 Å². The maximum Gasteiger partial charge on any atom is 0.257 e. The first kappa shape index (κ1) is 14.8. The zero-order valence-corrected chi connectivity index (χ0v) is 12.7. The Morgan fingerprint density at radius 3 is 3.00 bits per heavy atom. The Balaban J connectivity index is 2.16. The van der Waals surface area contributed by atoms with Crippen LogP contribution in [0.25, 0.3) is 0 Å². The standard InChI is InChI=1S/C16H25N3O/c1-4-7-18-15-5-8-17-11-14(15)16(20)19-9-6-12(2)10-13(19)3/h5,8,11-13H,4,6-7,9-10H2,1-3H3,(H,17,18). The number of pyridine rings is 1. The van der Waals surface area contributed by atoms with Gasteiger partial charge in [0.2, 0.25) is 0 Å². The fraction of sp³-hybridized carbons (Fsp3) is 0.625. The lowest BCUT2D eigenvalue weighted by molar-refractivity contribution is 0.0589. The molecule has 0 aliphatic carbocycles. The summed E-state index contributed by atoms with van der Waals surface area (Å²) in [5.74, 6) is 0.816. The predicted molar refractivity (Wildman–Crippen MR) is 81.9 cm³/mol. The molecule has 1 aromatic rings. The van der Waals surface area contributed by atoms with E-state index in [0.717, 1.165) is 38.0 Å². The number of hydrogen-bond acceptors (Lipinski definition) is 3. The van der Waals surface area contributed by atoms with Crippen molar-refractivity contribution in [2.45, 2.75) is 46.1 Å². The minimum absolute atomic E-state index is 0.108. The number of anilines is 1. The maximum atomic E-state index is 12.7. The quantitative estimate of drug-likeness (QED) is 0.918. The van der Waals surface area contributed by atoms with Crippen LogP contribution < -0.4 is 5.32 Å². The van der Waals surface area contributed by atoms with E-state index in [1.54, 1.807) is 12.4 Å². The molecule has 0 radical (unpaired) electrons. The van der Waals surface area contributed by atoms with Crippen LogP contribution in [0.15, 0.2) is 18.5 Å². The lowest BCUT2D eigenvalue weighted by Gasteiger charge is -2.36. The number of amides is 1. The molecule has 1 N–H and O–H groups in total. The van der Waals surface area contributed by atoms with Crippen molar-refractivity contribution in [1.29, 1.82) is 0 Å². The number of likely N-dealkylation sites (tertiary alicyclic amines) is 1. The van der Waals surface area contributed by atoms with Crippen molar-refractivity contribution in [3.8, 4) is 0 Å². The maximum absolute atomic E-state index is 12.7. The Morgan fingerprint density at radius 1 is 1.50 bits per heavy atom. The third-order valence-corrected chi connectivity index (χ3v) is 4.02. The second-order valence-corrected chi connectivity index (χ2v) is 5.83. The number of aromatic nitrogens is 1. The van der Waals surface area contributed by atoms with Crippen LogP contribution in [0.4, 0.5) is 5.69 Å². The van der Waals surface area contributed by atoms with Crippen molar-refractivity contribution in [2.75, 3.05) is 18.4 Å². The second-order valence-electron chi connectivity index (χ2n) is 5.83. The van der Waals surface area contributed by atoms with Crippen molar-refractivity contribution in [1.82, 2.24) is 9.88 Å². The second kappa shape index (κ2) is 6.73. The zero-order chi connectivity index (χ0) is 14.5. The van der Waals surface area contributed by atoms with Gasteiger partial charge >= 0.3 is 0 Å². The summed E-state index contributed by atoms with van der Waals surface area (Å²) in [6.45, 7) is 8.24. The van der Waals surface area contributed by atoms with Crippen LogP contribution in [0.5, 0.6) is 0 Å². The lowest BCUT2D eigenvalue weighted by Crippen LogP contribution is -2.44. The highest BCUT2D eigenvalue weighted by molar-refractivity contribution is 5.99. The van der Waals surface area contributed by atoms with E-state index in [4.69, 9.17) is 0 Å². The number of rotatable bonds is 4. The van der Waals surface area contributed by atoms with Gasteiger partial charge in [-0.05, 0) is 38.2 Å². The summed E-state index contributed by atoms with van der Waals surface area (Å²) in [4.78, 5) is 18.9. The monoisotopic (exact) mass is 275 g/mol. The van der Waals surface area contributed by atoms with E-state index in [2.05, 4.69) is 31.1 Å². The SMILES string of the molecule is CCCNc1ccncc1C(=O)N1CCC(C)CC1C. The van der Waals surface area contributed by atoms with E-state index in [1.165, 1.54) is 0 Å². The first-order valence-corrected chi connectivity index (χ1v) is 7.62. The molecule has 20 heavy (non-hydrogen) atoms. The minimum Gasteiger partial charge on any atom is -0.384 e. The molecular weight excluding hydrogens is 250 g/mol. The number of hydrogen-bond donors (Lipinski definition) is 1. The van der Waals surface area contributed by atoms with Gasteiger partial charge in [-0.1, -0.05) is 13.8 Å². The number of nitrogens with one attached hydrogen (secondary N) is 1. The van der Waals surface area contributed by atoms with Crippen LogP contribution in [-0.2, 0) is 0 Å². The number of piperidine rings is 1. The number of carbonyl (C=O) groups is 1. The molecule has 1 aromatic heterocycles. The summed E-state index contributed by atoms with van der Waals surface area (Å²) in [7, 11) is 0. The van der Waals surface area contributed by atoms with Crippen molar-refractivity contribution in [3.63, 3.8) is 0 Å². The Kier molecular flexibility index (Phi) is 4.99. The topological polar surface area (TPSA) is 45.2 Å². The molecule has 1 saturated heterocycles. The van der Waals surface area contributed by atoms with Crippen LogP contribution in [0, 0.1) is 5.92 Å². The summed E-state index contributed by atoms with van der Waals surface area (Å²) in [6.07, 6.45) is 6.63. The summed E-state index contributed by atoms with van der Waals surface area (Å²) >= 11 is 0. The molecule has 2 atom stereocenters. The first-order chi connectivity index (χ1) is 9.63. The number of carbonyl (C=O) groups excluding carboxylic acids is 1. The Morgan fingerprint density at radius 2 is 2.30 bits per heavy atom. The van der Waals surface area contributed by atoms with Gasteiger partial charge in [-0.25, -0.2) is 0 Å². The van der Waals surface area contributed by atoms with E-state index in [9.17, 15) is 4.79 Å². The molecule has 2 rings (SSSR count). The smallest absolute Gasteiger partial charge is 0.257 e. The summed E-state index contributed by atoms with van der Waals surface area (Å²) in [5, 5.41) is 3.32. The molecule has 4 nitrogen and oxygen atoms in total. The Hall–Kier alpha value is -1.58. The van der Waals surface area contributed by atoms with E-state index in [-0.39, 0.29) is 5.91 Å². The van der Waals surface area contributed by atoms with Crippen LogP contribution in [0.3, 0.4) is 0 Å². The fourth-order valence-corrected chi connectivity index (χ4v) is 2.84. The average molecular weight is 275 g/mol. The van der Waals surface area contributed by atoms with Gasteiger partial charge in [0.1, 0.15) is 0 Å². The molecule has 2 unspecified atom stereocenters. The zero-order valence-electron chi connectivity index (χ0n) is 12.7. The Labute approximate surface area is 121 Å². The van der Waals surface area contributed by atoms with Gasteiger partial charge in [-0.3, -0.25) is 9.78 Å². The van der Waals surface area contributed by atoms with Gasteiger partial charge in [0.15, 0.2) is 0 Å². The van der Waals surface area contributed by atoms with E-state index >= 15 is 0 Å². The molecule has 0 spiro atoms. The van der Waals surface area contributed by atoms with E-state index in [0.29, 0.717) is 17.5 Å². The lowest BCUT2D eigenvalue weighted by atomic mass is 9.93. The molecule has 4 heteroatoms. The van der Waals surface area contributed by atoms with Gasteiger partial charge in [0.25, 0.3) is 5.91 Å². The van der Waals surface area contributed by atoms with Gasteiger partial charge < -0.3 is 10.2 Å². The summed E-state index contributed by atoms with van der Waals surface area (Å²) in [6, 6.07) is 2.20. The van der Waals surface area contributed by atoms with Gasteiger partial charge in [0.05, 0.1) is 11.3 Å². The molecular formula is C16H25N3O. The van der Waals surface area contributed by atoms with E-state index < -0.39 is 0 Å². The third kappa shape index (κ3) is 3.30. The molecule has 1 fully saturated rings. The molecule has 2 heterocycles. The molecule has 0 aromatic carbocycles. The summed E-state index contributed by atoms with van der Waals surface area (Å²) in [5.41, 5.74) is 1.60. The van der Waals surface area contributed by atoms with Gasteiger partial charge in [0, 0.05) is 31.5 Å². The van der Waals surface area contributed by atoms with Gasteiger partial charge in [-0.15, -0.1) is 0 Å². The van der Waals surface area contributed by atoms with Crippen LogP contribution >= 0.6 is 0 Å². The summed E-state index contributed by atoms with van der Waals surface area (Å²) < 4.78 is 0. The molecule has 1 aliphatic heterocycles. The van der Waals surface area contributed by atoms with Crippen LogP contribution in [0.2, 0.25) is 0 Å². The Bertz CT molecular complexity index is 461. The van der Waals surface area contributed by atoms with Crippen LogP contribution in [0.1, 0.15) is 50.4 Å². The molecule has 0 saturated carbocycles. The van der Waals surface area contributed by atoms with Crippen molar-refractivity contribution in [3.05, 3.63) is 24.0 Å². The highest BCUT2D eigenvalue weighted by Gasteiger charge is 2.28. The number of nitrogens with zero attached hydrogens (tertiary/aromatic N) is 2. The molecule has 0 bridgehead atoms. The average Bonchev–Trinajstić information content (AvgIpc) is 2.45. The highest BCUT2D eigenvalue weighted by atomic mass is 16.2. The third-order valence-electron chi connectivity index (χ3n) is 4.02.